The van der Waals surface area contributed by atoms with Crippen molar-refractivity contribution in [3.63, 3.8) is 0 Å². The molecule has 1 fully saturated rings. The van der Waals surface area contributed by atoms with Gasteiger partial charge in [0.15, 0.2) is 0 Å². The van der Waals surface area contributed by atoms with Gasteiger partial charge in [-0.15, -0.1) is 0 Å². The number of rotatable bonds is 2. The lowest BCUT2D eigenvalue weighted by molar-refractivity contribution is 0.00432. The molecule has 0 radical (unpaired) electrons. The van der Waals surface area contributed by atoms with Crippen LogP contribution in [-0.2, 0) is 5.60 Å². The maximum Gasteiger partial charge on any atom is 0.119 e. The molecule has 1 N–H and O–H groups in total. The summed E-state index contributed by atoms with van der Waals surface area (Å²) >= 11 is 0. The van der Waals surface area contributed by atoms with Crippen molar-refractivity contribution in [2.45, 2.75) is 31.8 Å². The normalized spacial score (nSPS) is 30.5. The van der Waals surface area contributed by atoms with Crippen LogP contribution in [0.2, 0.25) is 0 Å². The SMILES string of the molecule is COc1cccc([C@@]2(O)CCC[C@H]2C)c1. The van der Waals surface area contributed by atoms with E-state index in [0.717, 1.165) is 30.6 Å². The Morgan fingerprint density at radius 3 is 2.87 bits per heavy atom. The summed E-state index contributed by atoms with van der Waals surface area (Å²) in [5.74, 6) is 1.16. The Kier molecular flexibility index (Phi) is 2.70. The van der Waals surface area contributed by atoms with Crippen LogP contribution in [0.3, 0.4) is 0 Å². The van der Waals surface area contributed by atoms with Gasteiger partial charge in [-0.05, 0) is 42.9 Å². The molecule has 2 heteroatoms. The summed E-state index contributed by atoms with van der Waals surface area (Å²) in [5.41, 5.74) is 0.348. The molecule has 2 nitrogen and oxygen atoms in total. The highest BCUT2D eigenvalue weighted by Crippen LogP contribution is 2.43. The Hall–Kier alpha value is -1.02. The molecule has 0 amide bonds. The first-order valence-electron chi connectivity index (χ1n) is 5.54. The number of aliphatic hydroxyl groups is 1. The summed E-state index contributed by atoms with van der Waals surface area (Å²) in [6.45, 7) is 2.12. The first kappa shape index (κ1) is 10.5. The second-order valence-electron chi connectivity index (χ2n) is 4.45. The van der Waals surface area contributed by atoms with E-state index in [-0.39, 0.29) is 0 Å². The summed E-state index contributed by atoms with van der Waals surface area (Å²) in [6.07, 6.45) is 3.07. The molecular weight excluding hydrogens is 188 g/mol. The van der Waals surface area contributed by atoms with Crippen LogP contribution < -0.4 is 4.74 Å². The Labute approximate surface area is 90.9 Å². The second kappa shape index (κ2) is 3.86. The zero-order valence-electron chi connectivity index (χ0n) is 9.36. The average Bonchev–Trinajstić information content (AvgIpc) is 2.61. The summed E-state index contributed by atoms with van der Waals surface area (Å²) < 4.78 is 5.18. The lowest BCUT2D eigenvalue weighted by Crippen LogP contribution is -2.28. The number of hydrogen-bond acceptors (Lipinski definition) is 2. The van der Waals surface area contributed by atoms with Crippen LogP contribution in [0.25, 0.3) is 0 Å². The van der Waals surface area contributed by atoms with Crippen LogP contribution in [0, 0.1) is 5.92 Å². The summed E-state index contributed by atoms with van der Waals surface area (Å²) in [7, 11) is 1.65. The Morgan fingerprint density at radius 1 is 1.47 bits per heavy atom. The molecule has 1 saturated carbocycles. The van der Waals surface area contributed by atoms with Crippen molar-refractivity contribution in [2.75, 3.05) is 7.11 Å². The van der Waals surface area contributed by atoms with E-state index >= 15 is 0 Å². The second-order valence-corrected chi connectivity index (χ2v) is 4.45. The Bertz CT molecular complexity index is 348. The molecule has 1 aromatic carbocycles. The first-order chi connectivity index (χ1) is 7.16. The standard InChI is InChI=1S/C13H18O2/c1-10-5-4-8-13(10,14)11-6-3-7-12(9-11)15-2/h3,6-7,9-10,14H,4-5,8H2,1-2H3/t10-,13-/m1/s1. The van der Waals surface area contributed by atoms with Crippen LogP contribution in [0.5, 0.6) is 5.75 Å². The molecule has 2 rings (SSSR count). The maximum absolute atomic E-state index is 10.6. The van der Waals surface area contributed by atoms with Gasteiger partial charge in [-0.25, -0.2) is 0 Å². The van der Waals surface area contributed by atoms with Gasteiger partial charge >= 0.3 is 0 Å². The van der Waals surface area contributed by atoms with E-state index < -0.39 is 5.60 Å². The topological polar surface area (TPSA) is 29.5 Å². The maximum atomic E-state index is 10.6. The van der Waals surface area contributed by atoms with Crippen LogP contribution >= 0.6 is 0 Å². The van der Waals surface area contributed by atoms with E-state index in [1.165, 1.54) is 0 Å². The van der Waals surface area contributed by atoms with Gasteiger partial charge in [0.25, 0.3) is 0 Å². The lowest BCUT2D eigenvalue weighted by Gasteiger charge is -2.28. The van der Waals surface area contributed by atoms with Gasteiger partial charge in [0.05, 0.1) is 12.7 Å². The molecule has 1 aliphatic rings. The number of benzene rings is 1. The highest BCUT2D eigenvalue weighted by molar-refractivity contribution is 5.33. The molecule has 15 heavy (non-hydrogen) atoms. The molecule has 0 spiro atoms. The van der Waals surface area contributed by atoms with Crippen molar-refractivity contribution in [1.29, 1.82) is 0 Å². The zero-order chi connectivity index (χ0) is 10.9. The van der Waals surface area contributed by atoms with E-state index in [1.807, 2.05) is 24.3 Å². The number of hydrogen-bond donors (Lipinski definition) is 1. The van der Waals surface area contributed by atoms with Gasteiger partial charge in [0, 0.05) is 0 Å². The highest BCUT2D eigenvalue weighted by Gasteiger charge is 2.39. The molecule has 0 heterocycles. The summed E-state index contributed by atoms with van der Waals surface area (Å²) in [6, 6.07) is 7.79. The van der Waals surface area contributed by atoms with E-state index in [9.17, 15) is 5.11 Å². The predicted octanol–water partition coefficient (Wildman–Crippen LogP) is 2.70. The highest BCUT2D eigenvalue weighted by atomic mass is 16.5. The third kappa shape index (κ3) is 1.74. The first-order valence-corrected chi connectivity index (χ1v) is 5.54. The van der Waals surface area contributed by atoms with Gasteiger partial charge in [-0.2, -0.15) is 0 Å². The third-order valence-electron chi connectivity index (χ3n) is 3.58. The van der Waals surface area contributed by atoms with Crippen LogP contribution in [0.4, 0.5) is 0 Å². The smallest absolute Gasteiger partial charge is 0.119 e. The predicted molar refractivity (Wildman–Crippen MR) is 59.9 cm³/mol. The van der Waals surface area contributed by atoms with Gasteiger partial charge in [0.2, 0.25) is 0 Å². The molecule has 0 saturated heterocycles. The zero-order valence-corrected chi connectivity index (χ0v) is 9.36. The lowest BCUT2D eigenvalue weighted by atomic mass is 9.85. The van der Waals surface area contributed by atoms with Crippen LogP contribution in [-0.4, -0.2) is 12.2 Å². The largest absolute Gasteiger partial charge is 0.497 e. The minimum absolute atomic E-state index is 0.338. The minimum Gasteiger partial charge on any atom is -0.497 e. The quantitative estimate of drug-likeness (QED) is 0.806. The van der Waals surface area contributed by atoms with Crippen LogP contribution in [0.1, 0.15) is 31.7 Å². The van der Waals surface area contributed by atoms with Gasteiger partial charge in [-0.3, -0.25) is 0 Å². The van der Waals surface area contributed by atoms with Gasteiger partial charge < -0.3 is 9.84 Å². The molecule has 82 valence electrons. The number of ether oxygens (including phenoxy) is 1. The van der Waals surface area contributed by atoms with E-state index in [2.05, 4.69) is 6.92 Å². The number of methoxy groups -OCH3 is 1. The fraction of sp³-hybridized carbons (Fsp3) is 0.538. The molecule has 0 aliphatic heterocycles. The van der Waals surface area contributed by atoms with E-state index in [0.29, 0.717) is 5.92 Å². The van der Waals surface area contributed by atoms with Crippen molar-refractivity contribution < 1.29 is 9.84 Å². The van der Waals surface area contributed by atoms with Crippen LogP contribution in [0.15, 0.2) is 24.3 Å². The van der Waals surface area contributed by atoms with Gasteiger partial charge in [0.1, 0.15) is 5.75 Å². The molecule has 0 unspecified atom stereocenters. The van der Waals surface area contributed by atoms with Crippen molar-refractivity contribution in [3.8, 4) is 5.75 Å². The Morgan fingerprint density at radius 2 is 2.27 bits per heavy atom. The fourth-order valence-electron chi connectivity index (χ4n) is 2.48. The monoisotopic (exact) mass is 206 g/mol. The van der Waals surface area contributed by atoms with Crippen molar-refractivity contribution >= 4 is 0 Å². The average molecular weight is 206 g/mol. The van der Waals surface area contributed by atoms with Gasteiger partial charge in [-0.1, -0.05) is 19.1 Å². The van der Waals surface area contributed by atoms with Crippen molar-refractivity contribution in [3.05, 3.63) is 29.8 Å². The van der Waals surface area contributed by atoms with Crippen molar-refractivity contribution in [2.24, 2.45) is 5.92 Å². The molecule has 0 bridgehead atoms. The molecule has 0 aromatic heterocycles. The third-order valence-corrected chi connectivity index (χ3v) is 3.58. The molecular formula is C13H18O2. The summed E-state index contributed by atoms with van der Waals surface area (Å²) in [4.78, 5) is 0. The minimum atomic E-state index is -0.644. The molecule has 2 atom stereocenters. The Balaban J connectivity index is 2.35. The fourth-order valence-corrected chi connectivity index (χ4v) is 2.48. The molecule has 1 aliphatic carbocycles. The van der Waals surface area contributed by atoms with E-state index in [1.54, 1.807) is 7.11 Å². The molecule has 1 aromatic rings. The van der Waals surface area contributed by atoms with E-state index in [4.69, 9.17) is 4.74 Å². The van der Waals surface area contributed by atoms with Crippen molar-refractivity contribution in [1.82, 2.24) is 0 Å². The summed E-state index contributed by atoms with van der Waals surface area (Å²) in [5, 5.41) is 10.6.